The topological polar surface area (TPSA) is 76.8 Å². The number of aliphatic hydroxyl groups excluding tert-OH is 1. The van der Waals surface area contributed by atoms with Crippen molar-refractivity contribution in [1.29, 1.82) is 0 Å². The van der Waals surface area contributed by atoms with Crippen LogP contribution in [0.5, 0.6) is 11.5 Å². The van der Waals surface area contributed by atoms with E-state index in [1.165, 1.54) is 0 Å². The van der Waals surface area contributed by atoms with Crippen molar-refractivity contribution in [3.63, 3.8) is 0 Å². The molecule has 0 bridgehead atoms. The van der Waals surface area contributed by atoms with E-state index in [0.717, 1.165) is 17.2 Å². The number of hydrogen-bond donors (Lipinski definition) is 2. The maximum absolute atomic E-state index is 9.84. The molecule has 0 amide bonds. The molecule has 0 aliphatic carbocycles. The monoisotopic (exact) mass is 292 g/mol. The number of aromatic nitrogens is 1. The number of ether oxygens (including phenoxy) is 2. The van der Waals surface area contributed by atoms with Gasteiger partial charge in [-0.15, -0.1) is 0 Å². The molecule has 1 aromatic heterocycles. The zero-order chi connectivity index (χ0) is 15.1. The van der Waals surface area contributed by atoms with Crippen LogP contribution in [0.4, 0.5) is 0 Å². The van der Waals surface area contributed by atoms with Crippen LogP contribution in [0.1, 0.15) is 11.5 Å². The molecule has 0 fully saturated rings. The van der Waals surface area contributed by atoms with E-state index in [1.54, 1.807) is 19.2 Å². The molecular formula is C15H20N2O4. The maximum Gasteiger partial charge on any atom is 0.133 e. The Labute approximate surface area is 123 Å². The second-order valence-electron chi connectivity index (χ2n) is 4.70. The van der Waals surface area contributed by atoms with Crippen LogP contribution in [0.25, 0.3) is 0 Å². The summed E-state index contributed by atoms with van der Waals surface area (Å²) in [4.78, 5) is 0. The summed E-state index contributed by atoms with van der Waals surface area (Å²) in [5.74, 6) is 2.24. The van der Waals surface area contributed by atoms with Gasteiger partial charge in [-0.25, -0.2) is 0 Å². The molecule has 0 aliphatic heterocycles. The zero-order valence-electron chi connectivity index (χ0n) is 12.2. The van der Waals surface area contributed by atoms with Crippen molar-refractivity contribution >= 4 is 0 Å². The highest BCUT2D eigenvalue weighted by Gasteiger charge is 2.06. The Morgan fingerprint density at radius 3 is 2.62 bits per heavy atom. The fourth-order valence-corrected chi connectivity index (χ4v) is 1.79. The van der Waals surface area contributed by atoms with Crippen molar-refractivity contribution in [3.8, 4) is 11.5 Å². The normalized spacial score (nSPS) is 12.1. The van der Waals surface area contributed by atoms with Crippen LogP contribution in [-0.4, -0.2) is 36.6 Å². The maximum atomic E-state index is 9.84. The molecule has 1 heterocycles. The average molecular weight is 292 g/mol. The van der Waals surface area contributed by atoms with Crippen molar-refractivity contribution in [2.75, 3.05) is 20.3 Å². The Hall–Kier alpha value is -2.05. The van der Waals surface area contributed by atoms with Crippen LogP contribution in [0, 0.1) is 6.92 Å². The Morgan fingerprint density at radius 2 is 2.00 bits per heavy atom. The van der Waals surface area contributed by atoms with Crippen LogP contribution < -0.4 is 14.8 Å². The Kier molecular flexibility index (Phi) is 5.59. The van der Waals surface area contributed by atoms with E-state index in [4.69, 9.17) is 14.0 Å². The standard InChI is InChI=1S/C15H20N2O4/c1-11-7-12(17-21-11)8-16-9-13(18)10-20-15-5-3-14(19-2)4-6-15/h3-7,13,16,18H,8-10H2,1-2H3. The molecular weight excluding hydrogens is 272 g/mol. The van der Waals surface area contributed by atoms with Crippen molar-refractivity contribution in [2.24, 2.45) is 0 Å². The molecule has 2 rings (SSSR count). The van der Waals surface area contributed by atoms with Crippen molar-refractivity contribution in [1.82, 2.24) is 10.5 Å². The highest BCUT2D eigenvalue weighted by Crippen LogP contribution is 2.16. The predicted molar refractivity (Wildman–Crippen MR) is 77.4 cm³/mol. The number of nitrogens with zero attached hydrogens (tertiary/aromatic N) is 1. The van der Waals surface area contributed by atoms with Crippen LogP contribution in [-0.2, 0) is 6.54 Å². The second kappa shape index (κ2) is 7.66. The first-order valence-electron chi connectivity index (χ1n) is 6.75. The fraction of sp³-hybridized carbons (Fsp3) is 0.400. The Morgan fingerprint density at radius 1 is 1.29 bits per heavy atom. The fourth-order valence-electron chi connectivity index (χ4n) is 1.79. The van der Waals surface area contributed by atoms with Crippen LogP contribution in [0.15, 0.2) is 34.9 Å². The van der Waals surface area contributed by atoms with Crippen LogP contribution in [0.3, 0.4) is 0 Å². The third kappa shape index (κ3) is 5.09. The lowest BCUT2D eigenvalue weighted by molar-refractivity contribution is 0.106. The molecule has 1 atom stereocenters. The first-order valence-corrected chi connectivity index (χ1v) is 6.75. The van der Waals surface area contributed by atoms with Gasteiger partial charge in [0, 0.05) is 19.2 Å². The number of aryl methyl sites for hydroxylation is 1. The molecule has 0 aliphatic rings. The molecule has 0 spiro atoms. The van der Waals surface area contributed by atoms with Gasteiger partial charge in [0.2, 0.25) is 0 Å². The van der Waals surface area contributed by atoms with E-state index in [1.807, 2.05) is 25.1 Å². The smallest absolute Gasteiger partial charge is 0.133 e. The number of hydrogen-bond acceptors (Lipinski definition) is 6. The number of nitrogens with one attached hydrogen (secondary N) is 1. The molecule has 1 unspecified atom stereocenters. The molecule has 0 saturated carbocycles. The van der Waals surface area contributed by atoms with Gasteiger partial charge >= 0.3 is 0 Å². The molecule has 6 heteroatoms. The summed E-state index contributed by atoms with van der Waals surface area (Å²) in [6.07, 6.45) is -0.597. The van der Waals surface area contributed by atoms with Gasteiger partial charge in [0.05, 0.1) is 12.8 Å². The summed E-state index contributed by atoms with van der Waals surface area (Å²) in [6.45, 7) is 3.03. The predicted octanol–water partition coefficient (Wildman–Crippen LogP) is 1.52. The van der Waals surface area contributed by atoms with Gasteiger partial charge in [-0.05, 0) is 31.2 Å². The van der Waals surface area contributed by atoms with Gasteiger partial charge in [-0.3, -0.25) is 0 Å². The third-order valence-electron chi connectivity index (χ3n) is 2.86. The van der Waals surface area contributed by atoms with E-state index in [9.17, 15) is 5.11 Å². The molecule has 114 valence electrons. The summed E-state index contributed by atoms with van der Waals surface area (Å²) in [5, 5.41) is 16.8. The Balaban J connectivity index is 1.65. The summed E-state index contributed by atoms with van der Waals surface area (Å²) in [6, 6.07) is 9.08. The lowest BCUT2D eigenvalue weighted by atomic mass is 10.3. The minimum atomic E-state index is -0.597. The molecule has 6 nitrogen and oxygen atoms in total. The molecule has 21 heavy (non-hydrogen) atoms. The summed E-state index contributed by atoms with van der Waals surface area (Å²) < 4.78 is 15.5. The zero-order valence-corrected chi connectivity index (χ0v) is 12.2. The number of benzene rings is 1. The molecule has 2 N–H and O–H groups in total. The first-order chi connectivity index (χ1) is 10.2. The average Bonchev–Trinajstić information content (AvgIpc) is 2.91. The molecule has 1 aromatic carbocycles. The number of rotatable bonds is 8. The van der Waals surface area contributed by atoms with Crippen molar-refractivity contribution in [2.45, 2.75) is 19.6 Å². The molecule has 2 aromatic rings. The van der Waals surface area contributed by atoms with Crippen LogP contribution in [0.2, 0.25) is 0 Å². The van der Waals surface area contributed by atoms with Gasteiger partial charge in [0.25, 0.3) is 0 Å². The van der Waals surface area contributed by atoms with E-state index >= 15 is 0 Å². The van der Waals surface area contributed by atoms with E-state index in [2.05, 4.69) is 10.5 Å². The number of methoxy groups -OCH3 is 1. The molecule has 0 radical (unpaired) electrons. The van der Waals surface area contributed by atoms with Crippen LogP contribution >= 0.6 is 0 Å². The lowest BCUT2D eigenvalue weighted by Gasteiger charge is -2.13. The van der Waals surface area contributed by atoms with Gasteiger partial charge in [0.15, 0.2) is 0 Å². The van der Waals surface area contributed by atoms with Crippen molar-refractivity contribution < 1.29 is 19.1 Å². The summed E-state index contributed by atoms with van der Waals surface area (Å²) in [5.41, 5.74) is 0.816. The van der Waals surface area contributed by atoms with E-state index in [0.29, 0.717) is 18.8 Å². The highest BCUT2D eigenvalue weighted by molar-refractivity contribution is 5.31. The van der Waals surface area contributed by atoms with E-state index < -0.39 is 6.10 Å². The minimum absolute atomic E-state index is 0.219. The highest BCUT2D eigenvalue weighted by atomic mass is 16.5. The number of aliphatic hydroxyl groups is 1. The Bertz CT molecular complexity index is 539. The SMILES string of the molecule is COc1ccc(OCC(O)CNCc2cc(C)on2)cc1. The molecule has 0 saturated heterocycles. The minimum Gasteiger partial charge on any atom is -0.497 e. The lowest BCUT2D eigenvalue weighted by Crippen LogP contribution is -2.31. The third-order valence-corrected chi connectivity index (χ3v) is 2.86. The van der Waals surface area contributed by atoms with Gasteiger partial charge in [-0.1, -0.05) is 5.16 Å². The van der Waals surface area contributed by atoms with Crippen molar-refractivity contribution in [3.05, 3.63) is 41.8 Å². The van der Waals surface area contributed by atoms with Gasteiger partial charge < -0.3 is 24.4 Å². The largest absolute Gasteiger partial charge is 0.497 e. The van der Waals surface area contributed by atoms with Gasteiger partial charge in [0.1, 0.15) is 30.0 Å². The summed E-state index contributed by atoms with van der Waals surface area (Å²) >= 11 is 0. The summed E-state index contributed by atoms with van der Waals surface area (Å²) in [7, 11) is 1.61. The second-order valence-corrected chi connectivity index (χ2v) is 4.70. The van der Waals surface area contributed by atoms with E-state index in [-0.39, 0.29) is 6.61 Å². The quantitative estimate of drug-likeness (QED) is 0.768. The first kappa shape index (κ1) is 15.3. The van der Waals surface area contributed by atoms with Gasteiger partial charge in [-0.2, -0.15) is 0 Å².